The van der Waals surface area contributed by atoms with Gasteiger partial charge in [0.2, 0.25) is 0 Å². The molecule has 2 heterocycles. The van der Waals surface area contributed by atoms with Crippen LogP contribution in [-0.2, 0) is 11.3 Å². The molecule has 0 unspecified atom stereocenters. The van der Waals surface area contributed by atoms with Gasteiger partial charge in [-0.25, -0.2) is 4.98 Å². The lowest BCUT2D eigenvalue weighted by Crippen LogP contribution is -2.50. The highest BCUT2D eigenvalue weighted by atomic mass is 16.5. The molecule has 2 aromatic rings. The molecular weight excluding hydrogens is 256 g/mol. The van der Waals surface area contributed by atoms with Crippen LogP contribution in [0.4, 0.5) is 5.82 Å². The van der Waals surface area contributed by atoms with Gasteiger partial charge in [-0.3, -0.25) is 0 Å². The summed E-state index contributed by atoms with van der Waals surface area (Å²) in [7, 11) is 0. The van der Waals surface area contributed by atoms with E-state index in [1.54, 1.807) is 0 Å². The van der Waals surface area contributed by atoms with E-state index in [0.717, 1.165) is 16.5 Å². The molecule has 20 heavy (non-hydrogen) atoms. The van der Waals surface area contributed by atoms with Crippen molar-refractivity contribution in [3.63, 3.8) is 0 Å². The summed E-state index contributed by atoms with van der Waals surface area (Å²) < 4.78 is 5.17. The third-order valence-corrected chi connectivity index (χ3v) is 3.76. The van der Waals surface area contributed by atoms with Crippen molar-refractivity contribution in [2.75, 3.05) is 31.7 Å². The summed E-state index contributed by atoms with van der Waals surface area (Å²) in [5.74, 6) is 0.672. The zero-order chi connectivity index (χ0) is 14.0. The number of pyridine rings is 1. The minimum Gasteiger partial charge on any atom is -0.396 e. The van der Waals surface area contributed by atoms with Crippen LogP contribution in [0.3, 0.4) is 0 Å². The monoisotopic (exact) mass is 274 g/mol. The minimum absolute atomic E-state index is 0.0667. The predicted octanol–water partition coefficient (Wildman–Crippen LogP) is 1.15. The van der Waals surface area contributed by atoms with E-state index >= 15 is 0 Å². The second kappa shape index (κ2) is 5.36. The maximum atomic E-state index is 9.48. The topological polar surface area (TPSA) is 74.6 Å². The van der Waals surface area contributed by atoms with Gasteiger partial charge in [0.25, 0.3) is 0 Å². The van der Waals surface area contributed by atoms with Gasteiger partial charge in [-0.15, -0.1) is 0 Å². The van der Waals surface area contributed by atoms with Crippen LogP contribution in [-0.4, -0.2) is 41.6 Å². The van der Waals surface area contributed by atoms with Crippen LogP contribution in [0.15, 0.2) is 30.3 Å². The maximum absolute atomic E-state index is 9.48. The smallest absolute Gasteiger partial charge is 0.132 e. The summed E-state index contributed by atoms with van der Waals surface area (Å²) in [6.07, 6.45) is 0. The van der Waals surface area contributed by atoms with Crippen LogP contribution in [0.5, 0.6) is 0 Å². The van der Waals surface area contributed by atoms with E-state index in [1.165, 1.54) is 0 Å². The van der Waals surface area contributed by atoms with E-state index in [1.807, 2.05) is 30.3 Å². The number of aliphatic hydroxyl groups is 2. The molecule has 0 amide bonds. The van der Waals surface area contributed by atoms with Crippen molar-refractivity contribution < 1.29 is 14.9 Å². The number of ether oxygens (including phenoxy) is 1. The van der Waals surface area contributed by atoms with E-state index in [0.29, 0.717) is 25.6 Å². The van der Waals surface area contributed by atoms with Crippen LogP contribution in [0.1, 0.15) is 5.56 Å². The van der Waals surface area contributed by atoms with Gasteiger partial charge in [-0.1, -0.05) is 18.2 Å². The number of fused-ring (bicyclic) bond motifs is 1. The molecular formula is C15H18N2O3. The molecule has 106 valence electrons. The highest BCUT2D eigenvalue weighted by Crippen LogP contribution is 2.28. The first kappa shape index (κ1) is 13.3. The molecule has 1 fully saturated rings. The lowest BCUT2D eigenvalue weighted by molar-refractivity contribution is -0.128. The highest BCUT2D eigenvalue weighted by molar-refractivity contribution is 5.81. The first-order chi connectivity index (χ1) is 9.76. The number of benzene rings is 1. The second-order valence-electron chi connectivity index (χ2n) is 5.35. The van der Waals surface area contributed by atoms with Crippen LogP contribution in [0.2, 0.25) is 0 Å². The maximum Gasteiger partial charge on any atom is 0.132 e. The molecule has 0 aliphatic carbocycles. The number of nitrogens with one attached hydrogen (secondary N) is 1. The van der Waals surface area contributed by atoms with Crippen molar-refractivity contribution in [2.24, 2.45) is 5.41 Å². The molecule has 0 spiro atoms. The van der Waals surface area contributed by atoms with E-state index in [9.17, 15) is 10.2 Å². The van der Waals surface area contributed by atoms with Crippen molar-refractivity contribution in [3.05, 3.63) is 35.9 Å². The van der Waals surface area contributed by atoms with E-state index in [2.05, 4.69) is 10.3 Å². The standard InChI is InChI=1S/C15H18N2O3/c18-6-12-5-11-3-1-2-4-13(11)17-14(12)16-7-15(8-19)9-20-10-15/h1-5,18-19H,6-10H2,(H,16,17). The Morgan fingerprint density at radius 3 is 2.70 bits per heavy atom. The Kier molecular flexibility index (Phi) is 3.56. The predicted molar refractivity (Wildman–Crippen MR) is 76.5 cm³/mol. The minimum atomic E-state index is -0.222. The van der Waals surface area contributed by atoms with Crippen molar-refractivity contribution in [3.8, 4) is 0 Å². The second-order valence-corrected chi connectivity index (χ2v) is 5.35. The Labute approximate surface area is 117 Å². The van der Waals surface area contributed by atoms with Crippen LogP contribution < -0.4 is 5.32 Å². The molecule has 3 rings (SSSR count). The third kappa shape index (κ3) is 2.35. The quantitative estimate of drug-likeness (QED) is 0.762. The van der Waals surface area contributed by atoms with E-state index in [4.69, 9.17) is 4.74 Å². The third-order valence-electron chi connectivity index (χ3n) is 3.76. The number of aliphatic hydroxyl groups excluding tert-OH is 2. The molecule has 1 saturated heterocycles. The van der Waals surface area contributed by atoms with Crippen molar-refractivity contribution in [1.82, 2.24) is 4.98 Å². The van der Waals surface area contributed by atoms with Gasteiger partial charge < -0.3 is 20.3 Å². The molecule has 1 aliphatic rings. The Morgan fingerprint density at radius 1 is 1.25 bits per heavy atom. The molecule has 5 nitrogen and oxygen atoms in total. The fourth-order valence-electron chi connectivity index (χ4n) is 2.34. The Balaban J connectivity index is 1.86. The van der Waals surface area contributed by atoms with Crippen molar-refractivity contribution in [2.45, 2.75) is 6.61 Å². The summed E-state index contributed by atoms with van der Waals surface area (Å²) in [6, 6.07) is 9.74. The fraction of sp³-hybridized carbons (Fsp3) is 0.400. The highest BCUT2D eigenvalue weighted by Gasteiger charge is 2.38. The average Bonchev–Trinajstić information content (AvgIpc) is 2.45. The zero-order valence-corrected chi connectivity index (χ0v) is 11.2. The van der Waals surface area contributed by atoms with Gasteiger partial charge in [0.05, 0.1) is 37.4 Å². The Bertz CT molecular complexity index is 606. The number of para-hydroxylation sites is 1. The fourth-order valence-corrected chi connectivity index (χ4v) is 2.34. The number of aromatic nitrogens is 1. The molecule has 0 atom stereocenters. The number of anilines is 1. The molecule has 1 aliphatic heterocycles. The summed E-state index contributed by atoms with van der Waals surface area (Å²) in [6.45, 7) is 1.71. The summed E-state index contributed by atoms with van der Waals surface area (Å²) in [5.41, 5.74) is 1.42. The number of rotatable bonds is 5. The average molecular weight is 274 g/mol. The van der Waals surface area contributed by atoms with Gasteiger partial charge >= 0.3 is 0 Å². The normalized spacial score (nSPS) is 16.9. The molecule has 3 N–H and O–H groups in total. The van der Waals surface area contributed by atoms with E-state index in [-0.39, 0.29) is 18.6 Å². The van der Waals surface area contributed by atoms with Crippen molar-refractivity contribution >= 4 is 16.7 Å². The van der Waals surface area contributed by atoms with E-state index < -0.39 is 0 Å². The number of hydrogen-bond acceptors (Lipinski definition) is 5. The van der Waals surface area contributed by atoms with Gasteiger partial charge in [0.1, 0.15) is 5.82 Å². The molecule has 0 radical (unpaired) electrons. The summed E-state index contributed by atoms with van der Waals surface area (Å²) in [5, 5.41) is 23.1. The molecule has 1 aromatic carbocycles. The van der Waals surface area contributed by atoms with Gasteiger partial charge in [0.15, 0.2) is 0 Å². The lowest BCUT2D eigenvalue weighted by atomic mass is 9.87. The van der Waals surface area contributed by atoms with Crippen LogP contribution >= 0.6 is 0 Å². The summed E-state index contributed by atoms with van der Waals surface area (Å²) in [4.78, 5) is 4.55. The first-order valence-electron chi connectivity index (χ1n) is 6.68. The van der Waals surface area contributed by atoms with Crippen molar-refractivity contribution in [1.29, 1.82) is 0 Å². The van der Waals surface area contributed by atoms with Crippen LogP contribution in [0.25, 0.3) is 10.9 Å². The SMILES string of the molecule is OCc1cc2ccccc2nc1NCC1(CO)COC1. The molecule has 0 bridgehead atoms. The Morgan fingerprint density at radius 2 is 2.05 bits per heavy atom. The molecule has 5 heteroatoms. The van der Waals surface area contributed by atoms with Gasteiger partial charge in [-0.05, 0) is 12.1 Å². The number of nitrogens with zero attached hydrogens (tertiary/aromatic N) is 1. The lowest BCUT2D eigenvalue weighted by Gasteiger charge is -2.40. The zero-order valence-electron chi connectivity index (χ0n) is 11.2. The van der Waals surface area contributed by atoms with Crippen LogP contribution in [0, 0.1) is 5.41 Å². The largest absolute Gasteiger partial charge is 0.396 e. The summed E-state index contributed by atoms with van der Waals surface area (Å²) >= 11 is 0. The number of hydrogen-bond donors (Lipinski definition) is 3. The molecule has 0 saturated carbocycles. The Hall–Kier alpha value is -1.69. The van der Waals surface area contributed by atoms with Gasteiger partial charge in [-0.2, -0.15) is 0 Å². The van der Waals surface area contributed by atoms with Gasteiger partial charge in [0, 0.05) is 17.5 Å². The first-order valence-corrected chi connectivity index (χ1v) is 6.68. The molecule has 1 aromatic heterocycles.